The molecule has 0 aliphatic carbocycles. The molecule has 3 aromatic rings. The number of hydrogen-bond donors (Lipinski definition) is 1. The van der Waals surface area contributed by atoms with E-state index in [1.54, 1.807) is 0 Å². The van der Waals surface area contributed by atoms with Gasteiger partial charge in [0.2, 0.25) is 5.91 Å². The molecular formula is C17H21N5OS2. The standard InChI is InChI=1S/C17H21N5OS2/c1-10(2)8-22-12(4)11(3)18-17(22)24-9-15(23)19-13-6-5-7-14-16(13)21-25-20-14/h5-7,10H,8-9H2,1-4H3,(H,19,23). The molecule has 132 valence electrons. The van der Waals surface area contributed by atoms with Gasteiger partial charge >= 0.3 is 0 Å². The zero-order chi connectivity index (χ0) is 18.0. The molecule has 0 atom stereocenters. The van der Waals surface area contributed by atoms with Gasteiger partial charge in [-0.1, -0.05) is 31.7 Å². The number of thioether (sulfide) groups is 1. The summed E-state index contributed by atoms with van der Waals surface area (Å²) in [5, 5.41) is 3.83. The molecule has 8 heteroatoms. The Morgan fingerprint density at radius 3 is 2.88 bits per heavy atom. The molecule has 1 amide bonds. The highest BCUT2D eigenvalue weighted by Crippen LogP contribution is 2.24. The fourth-order valence-corrected chi connectivity index (χ4v) is 3.99. The van der Waals surface area contributed by atoms with Crippen molar-refractivity contribution in [2.75, 3.05) is 11.1 Å². The van der Waals surface area contributed by atoms with Crippen molar-refractivity contribution in [1.82, 2.24) is 18.3 Å². The summed E-state index contributed by atoms with van der Waals surface area (Å²) < 4.78 is 10.6. The van der Waals surface area contributed by atoms with Crippen LogP contribution in [0.1, 0.15) is 25.2 Å². The summed E-state index contributed by atoms with van der Waals surface area (Å²) in [5.74, 6) is 0.761. The first-order valence-electron chi connectivity index (χ1n) is 8.13. The molecule has 0 saturated heterocycles. The van der Waals surface area contributed by atoms with Gasteiger partial charge in [-0.05, 0) is 31.9 Å². The minimum absolute atomic E-state index is 0.0695. The molecule has 0 aliphatic rings. The van der Waals surface area contributed by atoms with E-state index in [9.17, 15) is 4.79 Å². The van der Waals surface area contributed by atoms with E-state index in [0.717, 1.165) is 45.9 Å². The Morgan fingerprint density at radius 1 is 1.32 bits per heavy atom. The molecule has 1 N–H and O–H groups in total. The maximum atomic E-state index is 12.4. The van der Waals surface area contributed by atoms with Crippen molar-refractivity contribution in [3.63, 3.8) is 0 Å². The SMILES string of the molecule is Cc1nc(SCC(=O)Nc2cccc3nsnc23)n(CC(C)C)c1C. The van der Waals surface area contributed by atoms with Crippen LogP contribution in [0.4, 0.5) is 5.69 Å². The molecule has 25 heavy (non-hydrogen) atoms. The van der Waals surface area contributed by atoms with Gasteiger partial charge in [0, 0.05) is 12.2 Å². The van der Waals surface area contributed by atoms with E-state index in [1.807, 2.05) is 25.1 Å². The molecule has 0 radical (unpaired) electrons. The van der Waals surface area contributed by atoms with Crippen molar-refractivity contribution < 1.29 is 4.79 Å². The molecular weight excluding hydrogens is 354 g/mol. The molecule has 0 spiro atoms. The predicted molar refractivity (Wildman–Crippen MR) is 103 cm³/mol. The van der Waals surface area contributed by atoms with Crippen LogP contribution in [0.3, 0.4) is 0 Å². The normalized spacial score (nSPS) is 11.4. The van der Waals surface area contributed by atoms with Crippen molar-refractivity contribution in [1.29, 1.82) is 0 Å². The van der Waals surface area contributed by atoms with Crippen LogP contribution in [0.15, 0.2) is 23.4 Å². The van der Waals surface area contributed by atoms with E-state index >= 15 is 0 Å². The largest absolute Gasteiger partial charge is 0.323 e. The molecule has 0 saturated carbocycles. The average Bonchev–Trinajstić information content (AvgIpc) is 3.14. The molecule has 0 aliphatic heterocycles. The maximum absolute atomic E-state index is 12.4. The average molecular weight is 376 g/mol. The second-order valence-corrected chi connectivity index (χ2v) is 7.81. The summed E-state index contributed by atoms with van der Waals surface area (Å²) >= 11 is 2.61. The van der Waals surface area contributed by atoms with E-state index in [2.05, 4.69) is 44.4 Å². The van der Waals surface area contributed by atoms with Crippen molar-refractivity contribution >= 4 is 46.1 Å². The third-order valence-corrected chi connectivity index (χ3v) is 5.38. The number of carbonyl (C=O) groups is 1. The number of benzene rings is 1. The van der Waals surface area contributed by atoms with Crippen LogP contribution in [0.25, 0.3) is 11.0 Å². The van der Waals surface area contributed by atoms with Crippen molar-refractivity contribution in [2.24, 2.45) is 5.92 Å². The Morgan fingerprint density at radius 2 is 2.12 bits per heavy atom. The summed E-state index contributed by atoms with van der Waals surface area (Å²) in [4.78, 5) is 17.0. The number of aromatic nitrogens is 4. The Kier molecular flexibility index (Phi) is 5.39. The van der Waals surface area contributed by atoms with Crippen LogP contribution < -0.4 is 5.32 Å². The number of nitrogens with one attached hydrogen (secondary N) is 1. The molecule has 3 rings (SSSR count). The van der Waals surface area contributed by atoms with Crippen molar-refractivity contribution in [2.45, 2.75) is 39.4 Å². The van der Waals surface area contributed by atoms with Crippen LogP contribution in [0.5, 0.6) is 0 Å². The van der Waals surface area contributed by atoms with Crippen molar-refractivity contribution in [3.8, 4) is 0 Å². The predicted octanol–water partition coefficient (Wildman–Crippen LogP) is 3.89. The van der Waals surface area contributed by atoms with Gasteiger partial charge in [-0.3, -0.25) is 4.79 Å². The smallest absolute Gasteiger partial charge is 0.234 e. The summed E-state index contributed by atoms with van der Waals surface area (Å²) in [6, 6.07) is 5.60. The minimum atomic E-state index is -0.0695. The van der Waals surface area contributed by atoms with Crippen LogP contribution in [-0.4, -0.2) is 30.0 Å². The Hall–Kier alpha value is -1.93. The van der Waals surface area contributed by atoms with E-state index in [1.165, 1.54) is 11.8 Å². The lowest BCUT2D eigenvalue weighted by Crippen LogP contribution is -2.15. The maximum Gasteiger partial charge on any atom is 0.234 e. The number of imidazole rings is 1. The van der Waals surface area contributed by atoms with Gasteiger partial charge in [0.1, 0.15) is 11.0 Å². The summed E-state index contributed by atoms with van der Waals surface area (Å²) in [6.07, 6.45) is 0. The van der Waals surface area contributed by atoms with E-state index < -0.39 is 0 Å². The van der Waals surface area contributed by atoms with Gasteiger partial charge in [-0.25, -0.2) is 4.98 Å². The first-order chi connectivity index (χ1) is 12.0. The monoisotopic (exact) mass is 375 g/mol. The zero-order valence-electron chi connectivity index (χ0n) is 14.7. The van der Waals surface area contributed by atoms with Gasteiger partial charge < -0.3 is 9.88 Å². The fraction of sp³-hybridized carbons (Fsp3) is 0.412. The van der Waals surface area contributed by atoms with E-state index in [-0.39, 0.29) is 5.91 Å². The Balaban J connectivity index is 1.69. The number of amides is 1. The molecule has 6 nitrogen and oxygen atoms in total. The molecule has 1 aromatic carbocycles. The Bertz CT molecular complexity index is 900. The van der Waals surface area contributed by atoms with Gasteiger partial charge in [0.15, 0.2) is 5.16 Å². The lowest BCUT2D eigenvalue weighted by atomic mass is 10.2. The quantitative estimate of drug-likeness (QED) is 0.662. The number of aryl methyl sites for hydroxylation is 1. The van der Waals surface area contributed by atoms with Gasteiger partial charge in [0.05, 0.1) is 28.9 Å². The third kappa shape index (κ3) is 4.01. The fourth-order valence-electron chi connectivity index (χ4n) is 2.54. The van der Waals surface area contributed by atoms with Crippen LogP contribution in [-0.2, 0) is 11.3 Å². The Labute approximate surface area is 155 Å². The molecule has 0 fully saturated rings. The first-order valence-corrected chi connectivity index (χ1v) is 9.85. The van der Waals surface area contributed by atoms with Crippen molar-refractivity contribution in [3.05, 3.63) is 29.6 Å². The highest BCUT2D eigenvalue weighted by atomic mass is 32.2. The summed E-state index contributed by atoms with van der Waals surface area (Å²) in [6.45, 7) is 9.34. The molecule has 2 heterocycles. The van der Waals surface area contributed by atoms with E-state index in [0.29, 0.717) is 17.4 Å². The summed E-state index contributed by atoms with van der Waals surface area (Å²) in [5.41, 5.74) is 4.42. The number of carbonyl (C=O) groups excluding carboxylic acids is 1. The topological polar surface area (TPSA) is 72.7 Å². The first kappa shape index (κ1) is 17.9. The van der Waals surface area contributed by atoms with Gasteiger partial charge in [-0.15, -0.1) is 0 Å². The lowest BCUT2D eigenvalue weighted by molar-refractivity contribution is -0.113. The van der Waals surface area contributed by atoms with Crippen LogP contribution >= 0.6 is 23.5 Å². The number of fused-ring (bicyclic) bond motifs is 1. The highest BCUT2D eigenvalue weighted by Gasteiger charge is 2.15. The number of hydrogen-bond acceptors (Lipinski definition) is 6. The van der Waals surface area contributed by atoms with E-state index in [4.69, 9.17) is 0 Å². The molecule has 2 aromatic heterocycles. The minimum Gasteiger partial charge on any atom is -0.323 e. The van der Waals surface area contributed by atoms with Gasteiger partial charge in [-0.2, -0.15) is 8.75 Å². The molecule has 0 bridgehead atoms. The van der Waals surface area contributed by atoms with Crippen LogP contribution in [0, 0.1) is 19.8 Å². The number of rotatable bonds is 6. The number of anilines is 1. The second-order valence-electron chi connectivity index (χ2n) is 6.34. The zero-order valence-corrected chi connectivity index (χ0v) is 16.4. The second kappa shape index (κ2) is 7.53. The van der Waals surface area contributed by atoms with Gasteiger partial charge in [0.25, 0.3) is 0 Å². The third-order valence-electron chi connectivity index (χ3n) is 3.86. The van der Waals surface area contributed by atoms with Crippen LogP contribution in [0.2, 0.25) is 0 Å². The lowest BCUT2D eigenvalue weighted by Gasteiger charge is -2.12. The highest BCUT2D eigenvalue weighted by molar-refractivity contribution is 7.99. The summed E-state index contributed by atoms with van der Waals surface area (Å²) in [7, 11) is 0. The number of nitrogens with zero attached hydrogens (tertiary/aromatic N) is 4. The molecule has 0 unspecified atom stereocenters.